The van der Waals surface area contributed by atoms with E-state index in [-0.39, 0.29) is 5.69 Å². The van der Waals surface area contributed by atoms with Gasteiger partial charge in [0.1, 0.15) is 5.52 Å². The molecule has 0 unspecified atom stereocenters. The zero-order chi connectivity index (χ0) is 22.6. The van der Waals surface area contributed by atoms with E-state index in [1.165, 1.54) is 0 Å². The molecule has 0 bridgehead atoms. The summed E-state index contributed by atoms with van der Waals surface area (Å²) in [5, 5.41) is 4.37. The predicted octanol–water partition coefficient (Wildman–Crippen LogP) is 4.52. The molecule has 3 aromatic heterocycles. The molecule has 0 spiro atoms. The Bertz CT molecular complexity index is 1380. The maximum absolute atomic E-state index is 13.5. The predicted molar refractivity (Wildman–Crippen MR) is 125 cm³/mol. The summed E-state index contributed by atoms with van der Waals surface area (Å²) in [6.45, 7) is 9.53. The van der Waals surface area contributed by atoms with Crippen molar-refractivity contribution < 1.29 is 4.52 Å². The topological polar surface area (TPSA) is 82.0 Å². The Morgan fingerprint density at radius 1 is 1.09 bits per heavy atom. The highest BCUT2D eigenvalue weighted by molar-refractivity contribution is 6.32. The summed E-state index contributed by atoms with van der Waals surface area (Å²) in [7, 11) is 0. The number of hydrogen-bond donors (Lipinski definition) is 0. The second kappa shape index (κ2) is 7.78. The van der Waals surface area contributed by atoms with E-state index in [1.807, 2.05) is 23.6 Å². The van der Waals surface area contributed by atoms with E-state index in [0.717, 1.165) is 41.8 Å². The third kappa shape index (κ3) is 3.12. The van der Waals surface area contributed by atoms with Gasteiger partial charge in [0, 0.05) is 37.3 Å². The van der Waals surface area contributed by atoms with Gasteiger partial charge in [-0.2, -0.15) is 4.98 Å². The third-order valence-electron chi connectivity index (χ3n) is 6.22. The van der Waals surface area contributed by atoms with Crippen molar-refractivity contribution in [2.45, 2.75) is 53.1 Å². The van der Waals surface area contributed by atoms with E-state index in [1.54, 1.807) is 17.6 Å². The molecule has 1 aromatic carbocycles. The highest BCUT2D eigenvalue weighted by Gasteiger charge is 2.29. The van der Waals surface area contributed by atoms with E-state index in [2.05, 4.69) is 35.0 Å². The number of imidazole rings is 1. The maximum atomic E-state index is 13.5. The second-order valence-corrected chi connectivity index (χ2v) is 8.60. The minimum absolute atomic E-state index is 0.131. The van der Waals surface area contributed by atoms with Crippen molar-refractivity contribution in [2.24, 2.45) is 0 Å². The first-order chi connectivity index (χ1) is 15.4. The van der Waals surface area contributed by atoms with Gasteiger partial charge in [-0.15, -0.1) is 0 Å². The van der Waals surface area contributed by atoms with Crippen LogP contribution in [0.4, 0.5) is 5.69 Å². The molecule has 0 fully saturated rings. The molecule has 0 saturated carbocycles. The molecule has 4 heterocycles. The van der Waals surface area contributed by atoms with Crippen LogP contribution in [0.1, 0.15) is 38.3 Å². The SMILES string of the molecule is CCC(CC)N1CCn2c(=O)n(-c3ccc(-c4noc(C)n4)cc3Cl)c3nc(C)cc1c32. The minimum Gasteiger partial charge on any atom is -0.365 e. The lowest BCUT2D eigenvalue weighted by Gasteiger charge is -2.36. The summed E-state index contributed by atoms with van der Waals surface area (Å²) in [5.41, 5.74) is 4.61. The van der Waals surface area contributed by atoms with Crippen LogP contribution >= 0.6 is 11.6 Å². The molecule has 0 radical (unpaired) electrons. The average molecular weight is 453 g/mol. The van der Waals surface area contributed by atoms with Crippen LogP contribution in [0.25, 0.3) is 28.2 Å². The van der Waals surface area contributed by atoms with Gasteiger partial charge in [0.2, 0.25) is 11.7 Å². The van der Waals surface area contributed by atoms with Crippen LogP contribution in [0.2, 0.25) is 5.02 Å². The largest absolute Gasteiger partial charge is 0.365 e. The molecule has 166 valence electrons. The number of anilines is 1. The summed E-state index contributed by atoms with van der Waals surface area (Å²) in [6.07, 6.45) is 2.10. The molecular formula is C23H25ClN6O2. The Hall–Kier alpha value is -3.13. The van der Waals surface area contributed by atoms with Gasteiger partial charge in [0.25, 0.3) is 0 Å². The van der Waals surface area contributed by atoms with E-state index in [9.17, 15) is 4.79 Å². The number of hydrogen-bond acceptors (Lipinski definition) is 6. The summed E-state index contributed by atoms with van der Waals surface area (Å²) in [5.74, 6) is 0.938. The van der Waals surface area contributed by atoms with Crippen LogP contribution < -0.4 is 10.6 Å². The number of pyridine rings is 1. The van der Waals surface area contributed by atoms with Gasteiger partial charge in [0.05, 0.1) is 16.4 Å². The lowest BCUT2D eigenvalue weighted by molar-refractivity contribution is 0.394. The van der Waals surface area contributed by atoms with Gasteiger partial charge in [-0.3, -0.25) is 4.57 Å². The smallest absolute Gasteiger partial charge is 0.335 e. The zero-order valence-corrected chi connectivity index (χ0v) is 19.3. The standard InChI is InChI=1S/C23H25ClN6O2/c1-5-16(6-2)28-9-10-29-20-19(28)11-13(3)25-22(20)30(23(29)31)18-8-7-15(12-17(18)24)21-26-14(4)32-27-21/h7-8,11-12,16H,5-6,9-10H2,1-4H3. The molecule has 0 amide bonds. The Kier molecular flexibility index (Phi) is 5.04. The van der Waals surface area contributed by atoms with Gasteiger partial charge in [-0.25, -0.2) is 14.3 Å². The van der Waals surface area contributed by atoms with E-state index >= 15 is 0 Å². The fourth-order valence-corrected chi connectivity index (χ4v) is 4.94. The quantitative estimate of drug-likeness (QED) is 0.443. The minimum atomic E-state index is -0.131. The number of benzene rings is 1. The molecule has 32 heavy (non-hydrogen) atoms. The van der Waals surface area contributed by atoms with Crippen molar-refractivity contribution in [1.82, 2.24) is 24.3 Å². The first kappa shape index (κ1) is 20.8. The van der Waals surface area contributed by atoms with Crippen molar-refractivity contribution in [3.63, 3.8) is 0 Å². The van der Waals surface area contributed by atoms with Crippen molar-refractivity contribution in [3.05, 3.63) is 51.4 Å². The Labute approximate surface area is 190 Å². The fraction of sp³-hybridized carbons (Fsp3) is 0.391. The normalized spacial score (nSPS) is 13.5. The first-order valence-electron chi connectivity index (χ1n) is 10.9. The average Bonchev–Trinajstić information content (AvgIpc) is 3.32. The summed E-state index contributed by atoms with van der Waals surface area (Å²) in [4.78, 5) is 25.0. The zero-order valence-electron chi connectivity index (χ0n) is 18.6. The molecular weight excluding hydrogens is 428 g/mol. The van der Waals surface area contributed by atoms with Crippen molar-refractivity contribution >= 4 is 28.5 Å². The first-order valence-corrected chi connectivity index (χ1v) is 11.3. The van der Waals surface area contributed by atoms with Crippen molar-refractivity contribution in [2.75, 3.05) is 11.4 Å². The lowest BCUT2D eigenvalue weighted by Crippen LogP contribution is -2.41. The number of rotatable bonds is 5. The van der Waals surface area contributed by atoms with Gasteiger partial charge in [0.15, 0.2) is 5.65 Å². The summed E-state index contributed by atoms with van der Waals surface area (Å²) < 4.78 is 8.51. The molecule has 4 aromatic rings. The highest BCUT2D eigenvalue weighted by Crippen LogP contribution is 2.35. The molecule has 5 rings (SSSR count). The molecule has 8 nitrogen and oxygen atoms in total. The van der Waals surface area contributed by atoms with Gasteiger partial charge < -0.3 is 9.42 Å². The number of aromatic nitrogens is 5. The number of halogens is 1. The van der Waals surface area contributed by atoms with Crippen LogP contribution in [0.15, 0.2) is 33.6 Å². The highest BCUT2D eigenvalue weighted by atomic mass is 35.5. The van der Waals surface area contributed by atoms with Crippen LogP contribution in [0.5, 0.6) is 0 Å². The molecule has 0 N–H and O–H groups in total. The van der Waals surface area contributed by atoms with Gasteiger partial charge >= 0.3 is 5.69 Å². The monoisotopic (exact) mass is 452 g/mol. The van der Waals surface area contributed by atoms with E-state index < -0.39 is 0 Å². The molecule has 0 saturated heterocycles. The van der Waals surface area contributed by atoms with Crippen LogP contribution in [-0.2, 0) is 6.54 Å². The van der Waals surface area contributed by atoms with Gasteiger partial charge in [-0.1, -0.05) is 30.6 Å². The molecule has 9 heteroatoms. The number of aryl methyl sites for hydroxylation is 2. The second-order valence-electron chi connectivity index (χ2n) is 8.19. The Morgan fingerprint density at radius 3 is 2.53 bits per heavy atom. The summed E-state index contributed by atoms with van der Waals surface area (Å²) >= 11 is 6.67. The Balaban J connectivity index is 1.71. The molecule has 1 aliphatic heterocycles. The van der Waals surface area contributed by atoms with Crippen molar-refractivity contribution in [3.8, 4) is 17.1 Å². The van der Waals surface area contributed by atoms with Gasteiger partial charge in [-0.05, 0) is 44.0 Å². The van der Waals surface area contributed by atoms with Crippen molar-refractivity contribution in [1.29, 1.82) is 0 Å². The maximum Gasteiger partial charge on any atom is 0.335 e. The molecule has 1 aliphatic rings. The van der Waals surface area contributed by atoms with Crippen LogP contribution in [0, 0.1) is 13.8 Å². The Morgan fingerprint density at radius 2 is 1.88 bits per heavy atom. The molecule has 0 aliphatic carbocycles. The number of nitrogens with zero attached hydrogens (tertiary/aromatic N) is 6. The lowest BCUT2D eigenvalue weighted by atomic mass is 10.1. The third-order valence-corrected chi connectivity index (χ3v) is 6.52. The summed E-state index contributed by atoms with van der Waals surface area (Å²) in [6, 6.07) is 7.92. The van der Waals surface area contributed by atoms with Crippen LogP contribution in [0.3, 0.4) is 0 Å². The van der Waals surface area contributed by atoms with E-state index in [0.29, 0.717) is 40.7 Å². The van der Waals surface area contributed by atoms with E-state index in [4.69, 9.17) is 21.1 Å². The molecule has 0 atom stereocenters. The van der Waals surface area contributed by atoms with Crippen LogP contribution in [-0.4, -0.2) is 36.8 Å². The fourth-order valence-electron chi connectivity index (χ4n) is 4.68.